The molecule has 0 aliphatic heterocycles. The van der Waals surface area contributed by atoms with E-state index >= 15 is 0 Å². The molecule has 1 heterocycles. The van der Waals surface area contributed by atoms with Crippen LogP contribution in [0.2, 0.25) is 10.0 Å². The number of amides is 2. The SMILES string of the molecule is O=C(Nc1ccc(Cl)c(Cl)c1)Nc1csc2ccccc12. The Morgan fingerprint density at radius 1 is 1.00 bits per heavy atom. The molecule has 0 aliphatic carbocycles. The molecule has 0 saturated heterocycles. The van der Waals surface area contributed by atoms with Crippen LogP contribution in [-0.4, -0.2) is 6.03 Å². The van der Waals surface area contributed by atoms with Gasteiger partial charge in [0.2, 0.25) is 0 Å². The average molecular weight is 337 g/mol. The van der Waals surface area contributed by atoms with Gasteiger partial charge in [-0.15, -0.1) is 11.3 Å². The van der Waals surface area contributed by atoms with Crippen LogP contribution in [0.4, 0.5) is 16.2 Å². The molecule has 0 spiro atoms. The predicted octanol–water partition coefficient (Wildman–Crippen LogP) is 5.85. The van der Waals surface area contributed by atoms with Crippen LogP contribution >= 0.6 is 34.5 Å². The fourth-order valence-electron chi connectivity index (χ4n) is 1.93. The Labute approximate surface area is 135 Å². The quantitative estimate of drug-likeness (QED) is 0.605. The first-order valence-electron chi connectivity index (χ1n) is 6.13. The number of urea groups is 1. The van der Waals surface area contributed by atoms with Crippen molar-refractivity contribution in [1.29, 1.82) is 0 Å². The van der Waals surface area contributed by atoms with Crippen molar-refractivity contribution >= 4 is 62.0 Å². The van der Waals surface area contributed by atoms with Gasteiger partial charge < -0.3 is 10.6 Å². The molecule has 0 fully saturated rings. The molecule has 1 aromatic heterocycles. The van der Waals surface area contributed by atoms with Gasteiger partial charge in [-0.05, 0) is 24.3 Å². The molecule has 3 nitrogen and oxygen atoms in total. The zero-order chi connectivity index (χ0) is 14.8. The summed E-state index contributed by atoms with van der Waals surface area (Å²) in [4.78, 5) is 12.0. The first-order chi connectivity index (χ1) is 10.1. The normalized spacial score (nSPS) is 10.6. The van der Waals surface area contributed by atoms with Gasteiger partial charge in [0.15, 0.2) is 0 Å². The minimum atomic E-state index is -0.322. The van der Waals surface area contributed by atoms with E-state index in [9.17, 15) is 4.79 Å². The van der Waals surface area contributed by atoms with Crippen molar-refractivity contribution in [1.82, 2.24) is 0 Å². The Kier molecular flexibility index (Phi) is 4.01. The van der Waals surface area contributed by atoms with Crippen LogP contribution in [0.25, 0.3) is 10.1 Å². The molecular weight excluding hydrogens is 327 g/mol. The molecule has 0 radical (unpaired) electrons. The number of carbonyl (C=O) groups excluding carboxylic acids is 1. The second kappa shape index (κ2) is 5.93. The third kappa shape index (κ3) is 3.13. The Hall–Kier alpha value is -1.75. The first kappa shape index (κ1) is 14.2. The summed E-state index contributed by atoms with van der Waals surface area (Å²) >= 11 is 13.3. The average Bonchev–Trinajstić information content (AvgIpc) is 2.86. The van der Waals surface area contributed by atoms with Crippen LogP contribution in [-0.2, 0) is 0 Å². The van der Waals surface area contributed by atoms with Crippen molar-refractivity contribution in [2.24, 2.45) is 0 Å². The van der Waals surface area contributed by atoms with Crippen LogP contribution in [0.15, 0.2) is 47.8 Å². The number of rotatable bonds is 2. The van der Waals surface area contributed by atoms with Crippen molar-refractivity contribution in [3.05, 3.63) is 57.9 Å². The lowest BCUT2D eigenvalue weighted by Gasteiger charge is -2.07. The van der Waals surface area contributed by atoms with Gasteiger partial charge in [-0.1, -0.05) is 41.4 Å². The molecule has 0 unspecified atom stereocenters. The zero-order valence-corrected chi connectivity index (χ0v) is 13.0. The second-order valence-electron chi connectivity index (χ2n) is 4.35. The Bertz CT molecular complexity index is 816. The van der Waals surface area contributed by atoms with Crippen LogP contribution in [0.5, 0.6) is 0 Å². The predicted molar refractivity (Wildman–Crippen MR) is 90.9 cm³/mol. The van der Waals surface area contributed by atoms with E-state index in [-0.39, 0.29) is 6.03 Å². The first-order valence-corrected chi connectivity index (χ1v) is 7.76. The number of hydrogen-bond donors (Lipinski definition) is 2. The molecule has 0 aliphatic rings. The van der Waals surface area contributed by atoms with E-state index < -0.39 is 0 Å². The minimum absolute atomic E-state index is 0.322. The zero-order valence-electron chi connectivity index (χ0n) is 10.7. The molecular formula is C15H10Cl2N2OS. The fraction of sp³-hybridized carbons (Fsp3) is 0. The van der Waals surface area contributed by atoms with Gasteiger partial charge in [0.05, 0.1) is 15.7 Å². The van der Waals surface area contributed by atoms with Gasteiger partial charge >= 0.3 is 6.03 Å². The number of carbonyl (C=O) groups is 1. The summed E-state index contributed by atoms with van der Waals surface area (Å²) in [7, 11) is 0. The van der Waals surface area contributed by atoms with Gasteiger partial charge in [-0.3, -0.25) is 0 Å². The Morgan fingerprint density at radius 2 is 1.81 bits per heavy atom. The maximum atomic E-state index is 12.0. The van der Waals surface area contributed by atoms with E-state index in [4.69, 9.17) is 23.2 Å². The smallest absolute Gasteiger partial charge is 0.308 e. The Morgan fingerprint density at radius 3 is 2.62 bits per heavy atom. The molecule has 0 saturated carbocycles. The highest BCUT2D eigenvalue weighted by Gasteiger charge is 2.08. The summed E-state index contributed by atoms with van der Waals surface area (Å²) in [5.41, 5.74) is 1.37. The molecule has 0 atom stereocenters. The third-order valence-corrected chi connectivity index (χ3v) is 4.61. The molecule has 2 aromatic carbocycles. The van der Waals surface area contributed by atoms with Crippen LogP contribution in [0.1, 0.15) is 0 Å². The molecule has 6 heteroatoms. The summed E-state index contributed by atoms with van der Waals surface area (Å²) in [6.07, 6.45) is 0. The molecule has 2 N–H and O–H groups in total. The number of fused-ring (bicyclic) bond motifs is 1. The van der Waals surface area contributed by atoms with E-state index in [1.807, 2.05) is 29.6 Å². The van der Waals surface area contributed by atoms with Gasteiger partial charge in [-0.2, -0.15) is 0 Å². The lowest BCUT2D eigenvalue weighted by Crippen LogP contribution is -2.19. The monoisotopic (exact) mass is 336 g/mol. The van der Waals surface area contributed by atoms with Gasteiger partial charge in [0, 0.05) is 21.2 Å². The van der Waals surface area contributed by atoms with Crippen molar-refractivity contribution in [2.75, 3.05) is 10.6 Å². The van der Waals surface area contributed by atoms with Crippen molar-refractivity contribution < 1.29 is 4.79 Å². The summed E-state index contributed by atoms with van der Waals surface area (Å²) in [6.45, 7) is 0. The van der Waals surface area contributed by atoms with Crippen LogP contribution in [0.3, 0.4) is 0 Å². The topological polar surface area (TPSA) is 41.1 Å². The molecule has 3 aromatic rings. The molecule has 2 amide bonds. The van der Waals surface area contributed by atoms with Crippen LogP contribution < -0.4 is 10.6 Å². The molecule has 21 heavy (non-hydrogen) atoms. The fourth-order valence-corrected chi connectivity index (χ4v) is 3.12. The lowest BCUT2D eigenvalue weighted by molar-refractivity contribution is 0.262. The molecule has 106 valence electrons. The maximum absolute atomic E-state index is 12.0. The highest BCUT2D eigenvalue weighted by Crippen LogP contribution is 2.30. The lowest BCUT2D eigenvalue weighted by atomic mass is 10.2. The third-order valence-electron chi connectivity index (χ3n) is 2.91. The number of hydrogen-bond acceptors (Lipinski definition) is 2. The minimum Gasteiger partial charge on any atom is -0.308 e. The van der Waals surface area contributed by atoms with E-state index in [1.54, 1.807) is 29.5 Å². The van der Waals surface area contributed by atoms with Crippen molar-refractivity contribution in [3.63, 3.8) is 0 Å². The summed E-state index contributed by atoms with van der Waals surface area (Å²) in [5, 5.41) is 9.34. The highest BCUT2D eigenvalue weighted by molar-refractivity contribution is 7.17. The maximum Gasteiger partial charge on any atom is 0.323 e. The number of nitrogens with one attached hydrogen (secondary N) is 2. The summed E-state index contributed by atoms with van der Waals surface area (Å²) in [6, 6.07) is 12.5. The number of benzene rings is 2. The number of halogens is 2. The van der Waals surface area contributed by atoms with E-state index in [0.29, 0.717) is 15.7 Å². The van der Waals surface area contributed by atoms with Gasteiger partial charge in [0.1, 0.15) is 0 Å². The number of thiophene rings is 1. The largest absolute Gasteiger partial charge is 0.323 e. The highest BCUT2D eigenvalue weighted by atomic mass is 35.5. The molecule has 3 rings (SSSR count). The summed E-state index contributed by atoms with van der Waals surface area (Å²) < 4.78 is 1.13. The standard InChI is InChI=1S/C15H10Cl2N2OS/c16-11-6-5-9(7-12(11)17)18-15(20)19-13-8-21-14-4-2-1-3-10(13)14/h1-8H,(H2,18,19,20). The number of anilines is 2. The second-order valence-corrected chi connectivity index (χ2v) is 6.08. The van der Waals surface area contributed by atoms with Crippen LogP contribution in [0, 0.1) is 0 Å². The van der Waals surface area contributed by atoms with E-state index in [1.165, 1.54) is 0 Å². The van der Waals surface area contributed by atoms with E-state index in [2.05, 4.69) is 10.6 Å². The van der Waals surface area contributed by atoms with Crippen molar-refractivity contribution in [2.45, 2.75) is 0 Å². The van der Waals surface area contributed by atoms with E-state index in [0.717, 1.165) is 15.8 Å². The Balaban J connectivity index is 1.75. The summed E-state index contributed by atoms with van der Waals surface area (Å²) in [5.74, 6) is 0. The van der Waals surface area contributed by atoms with Crippen molar-refractivity contribution in [3.8, 4) is 0 Å². The van der Waals surface area contributed by atoms with Gasteiger partial charge in [0.25, 0.3) is 0 Å². The van der Waals surface area contributed by atoms with Gasteiger partial charge in [-0.25, -0.2) is 4.79 Å². The molecule has 0 bridgehead atoms.